The molecule has 0 bridgehead atoms. The molecule has 0 aromatic carbocycles. The molecule has 0 unspecified atom stereocenters. The average molecular weight is 269 g/mol. The van der Waals surface area contributed by atoms with Crippen LogP contribution in [0.25, 0.3) is 0 Å². The van der Waals surface area contributed by atoms with Crippen molar-refractivity contribution in [3.8, 4) is 6.07 Å². The number of carbonyl (C=O) groups is 1. The minimum atomic E-state index is -2.90. The van der Waals surface area contributed by atoms with Crippen LogP contribution in [0.15, 0.2) is 6.07 Å². The molecule has 2 N–H and O–H groups in total. The summed E-state index contributed by atoms with van der Waals surface area (Å²) in [5, 5.41) is 8.95. The van der Waals surface area contributed by atoms with Crippen molar-refractivity contribution < 1.29 is 18.3 Å². The van der Waals surface area contributed by atoms with E-state index in [0.717, 1.165) is 0 Å². The lowest BCUT2D eigenvalue weighted by molar-refractivity contribution is -0.142. The van der Waals surface area contributed by atoms with Crippen LogP contribution in [0.3, 0.4) is 0 Å². The van der Waals surface area contributed by atoms with Crippen molar-refractivity contribution >= 4 is 5.97 Å². The number of esters is 1. The summed E-state index contributed by atoms with van der Waals surface area (Å²) in [5.74, 6) is -0.589. The maximum Gasteiger partial charge on any atom is 0.310 e. The maximum atomic E-state index is 12.8. The Bertz CT molecular complexity index is 512. The monoisotopic (exact) mass is 269 g/mol. The molecule has 0 aliphatic carbocycles. The molecule has 1 aromatic heterocycles. The first kappa shape index (κ1) is 15.0. The number of hydrogen-bond acceptors (Lipinski definition) is 5. The lowest BCUT2D eigenvalue weighted by Crippen LogP contribution is -2.13. The zero-order chi connectivity index (χ0) is 14.4. The largest absolute Gasteiger partial charge is 0.466 e. The first-order valence-corrected chi connectivity index (χ1v) is 5.60. The summed E-state index contributed by atoms with van der Waals surface area (Å²) in [4.78, 5) is 15.0. The lowest BCUT2D eigenvalue weighted by atomic mass is 10.0. The molecule has 0 aliphatic rings. The SMILES string of the molecule is CCOC(=O)Cc1cc(CN)nc(C(F)F)c1C#N. The van der Waals surface area contributed by atoms with E-state index < -0.39 is 18.1 Å². The van der Waals surface area contributed by atoms with Crippen molar-refractivity contribution in [3.63, 3.8) is 0 Å². The highest BCUT2D eigenvalue weighted by molar-refractivity contribution is 5.73. The van der Waals surface area contributed by atoms with Gasteiger partial charge in [-0.25, -0.2) is 13.8 Å². The molecule has 0 amide bonds. The fraction of sp³-hybridized carbons (Fsp3) is 0.417. The van der Waals surface area contributed by atoms with Gasteiger partial charge in [0.2, 0.25) is 0 Å². The molecule has 0 saturated carbocycles. The number of hydrogen-bond donors (Lipinski definition) is 1. The van der Waals surface area contributed by atoms with E-state index in [0.29, 0.717) is 0 Å². The Hall–Kier alpha value is -2.07. The standard InChI is InChI=1S/C12H13F2N3O2/c1-2-19-10(18)4-7-3-8(5-15)17-11(12(13)14)9(7)6-16/h3,12H,2,4-5,15H2,1H3. The predicted octanol–water partition coefficient (Wildman–Crippen LogP) is 1.46. The van der Waals surface area contributed by atoms with Crippen LogP contribution >= 0.6 is 0 Å². The molecule has 0 fully saturated rings. The molecule has 19 heavy (non-hydrogen) atoms. The van der Waals surface area contributed by atoms with Crippen molar-refractivity contribution in [1.29, 1.82) is 5.26 Å². The number of ether oxygens (including phenoxy) is 1. The fourth-order valence-corrected chi connectivity index (χ4v) is 1.58. The highest BCUT2D eigenvalue weighted by Crippen LogP contribution is 2.24. The summed E-state index contributed by atoms with van der Waals surface area (Å²) in [6, 6.07) is 3.03. The van der Waals surface area contributed by atoms with E-state index in [1.807, 2.05) is 0 Å². The Labute approximate surface area is 109 Å². The average Bonchev–Trinajstić information content (AvgIpc) is 2.37. The van der Waals surface area contributed by atoms with E-state index in [1.54, 1.807) is 13.0 Å². The van der Waals surface area contributed by atoms with Gasteiger partial charge in [0, 0.05) is 6.54 Å². The molecular weight excluding hydrogens is 256 g/mol. The van der Waals surface area contributed by atoms with Crippen LogP contribution in [0.5, 0.6) is 0 Å². The van der Waals surface area contributed by atoms with Crippen LogP contribution in [0.2, 0.25) is 0 Å². The number of halogens is 2. The summed E-state index contributed by atoms with van der Waals surface area (Å²) in [6.07, 6.45) is -3.16. The Morgan fingerprint density at radius 1 is 1.63 bits per heavy atom. The molecular formula is C12H13F2N3O2. The highest BCUT2D eigenvalue weighted by atomic mass is 19.3. The molecule has 0 radical (unpaired) electrons. The van der Waals surface area contributed by atoms with Gasteiger partial charge in [0.1, 0.15) is 11.8 Å². The number of pyridine rings is 1. The second-order valence-corrected chi connectivity index (χ2v) is 3.63. The van der Waals surface area contributed by atoms with E-state index in [9.17, 15) is 13.6 Å². The van der Waals surface area contributed by atoms with Gasteiger partial charge < -0.3 is 10.5 Å². The quantitative estimate of drug-likeness (QED) is 0.817. The van der Waals surface area contributed by atoms with E-state index >= 15 is 0 Å². The van der Waals surface area contributed by atoms with Crippen LogP contribution in [0.1, 0.15) is 35.9 Å². The van der Waals surface area contributed by atoms with Gasteiger partial charge in [0.05, 0.1) is 24.3 Å². The molecule has 1 aromatic rings. The molecule has 7 heteroatoms. The first-order chi connectivity index (χ1) is 9.03. The summed E-state index contributed by atoms with van der Waals surface area (Å²) in [6.45, 7) is 1.75. The van der Waals surface area contributed by atoms with Crippen LogP contribution in [-0.4, -0.2) is 17.6 Å². The number of nitriles is 1. The third kappa shape index (κ3) is 3.69. The number of carbonyl (C=O) groups excluding carboxylic acids is 1. The minimum absolute atomic E-state index is 0.0543. The molecule has 0 spiro atoms. The summed E-state index contributed by atoms with van der Waals surface area (Å²) < 4.78 is 30.4. The third-order valence-electron chi connectivity index (χ3n) is 2.35. The van der Waals surface area contributed by atoms with Crippen molar-refractivity contribution in [1.82, 2.24) is 4.98 Å². The van der Waals surface area contributed by atoms with Crippen LogP contribution in [0.4, 0.5) is 8.78 Å². The molecule has 0 atom stereocenters. The van der Waals surface area contributed by atoms with Gasteiger partial charge in [-0.05, 0) is 18.6 Å². The molecule has 0 saturated heterocycles. The van der Waals surface area contributed by atoms with Crippen LogP contribution in [-0.2, 0) is 22.5 Å². The first-order valence-electron chi connectivity index (χ1n) is 5.60. The topological polar surface area (TPSA) is 89.0 Å². The van der Waals surface area contributed by atoms with Crippen molar-refractivity contribution in [2.45, 2.75) is 26.3 Å². The highest BCUT2D eigenvalue weighted by Gasteiger charge is 2.21. The number of alkyl halides is 2. The Morgan fingerprint density at radius 2 is 2.32 bits per heavy atom. The number of rotatable bonds is 5. The molecule has 0 aliphatic heterocycles. The van der Waals surface area contributed by atoms with Crippen molar-refractivity contribution in [2.75, 3.05) is 6.61 Å². The number of nitrogens with zero attached hydrogens (tertiary/aromatic N) is 2. The van der Waals surface area contributed by atoms with Gasteiger partial charge in [-0.1, -0.05) is 0 Å². The van der Waals surface area contributed by atoms with E-state index in [4.69, 9.17) is 15.7 Å². The summed E-state index contributed by atoms with van der Waals surface area (Å²) in [5.41, 5.74) is 4.78. The second kappa shape index (κ2) is 6.75. The van der Waals surface area contributed by atoms with Gasteiger partial charge in [-0.15, -0.1) is 0 Å². The summed E-state index contributed by atoms with van der Waals surface area (Å²) >= 11 is 0. The van der Waals surface area contributed by atoms with Gasteiger partial charge in [-0.2, -0.15) is 5.26 Å². The molecule has 102 valence electrons. The van der Waals surface area contributed by atoms with Gasteiger partial charge in [0.15, 0.2) is 0 Å². The predicted molar refractivity (Wildman–Crippen MR) is 62.1 cm³/mol. The maximum absolute atomic E-state index is 12.8. The van der Waals surface area contributed by atoms with Crippen LogP contribution in [0, 0.1) is 11.3 Å². The summed E-state index contributed by atoms with van der Waals surface area (Å²) in [7, 11) is 0. The second-order valence-electron chi connectivity index (χ2n) is 3.63. The number of nitrogens with two attached hydrogens (primary N) is 1. The third-order valence-corrected chi connectivity index (χ3v) is 2.35. The Morgan fingerprint density at radius 3 is 2.79 bits per heavy atom. The molecule has 1 rings (SSSR count). The normalized spacial score (nSPS) is 10.3. The molecule has 1 heterocycles. The van der Waals surface area contributed by atoms with E-state index in [-0.39, 0.29) is 36.4 Å². The minimum Gasteiger partial charge on any atom is -0.466 e. The van der Waals surface area contributed by atoms with Gasteiger partial charge in [-0.3, -0.25) is 4.79 Å². The van der Waals surface area contributed by atoms with Crippen LogP contribution < -0.4 is 5.73 Å². The van der Waals surface area contributed by atoms with E-state index in [2.05, 4.69) is 4.98 Å². The smallest absolute Gasteiger partial charge is 0.310 e. The lowest BCUT2D eigenvalue weighted by Gasteiger charge is -2.10. The van der Waals surface area contributed by atoms with Crippen molar-refractivity contribution in [3.05, 3.63) is 28.6 Å². The zero-order valence-corrected chi connectivity index (χ0v) is 10.3. The van der Waals surface area contributed by atoms with Gasteiger partial charge in [0.25, 0.3) is 6.43 Å². The van der Waals surface area contributed by atoms with Crippen molar-refractivity contribution in [2.24, 2.45) is 5.73 Å². The Balaban J connectivity index is 3.24. The number of aromatic nitrogens is 1. The Kier molecular flexibility index (Phi) is 5.33. The molecule has 5 nitrogen and oxygen atoms in total. The fourth-order valence-electron chi connectivity index (χ4n) is 1.58. The van der Waals surface area contributed by atoms with Gasteiger partial charge >= 0.3 is 5.97 Å². The zero-order valence-electron chi connectivity index (χ0n) is 10.3. The van der Waals surface area contributed by atoms with E-state index in [1.165, 1.54) is 6.07 Å².